The molecule has 0 aliphatic heterocycles. The van der Waals surface area contributed by atoms with Gasteiger partial charge in [-0.25, -0.2) is 0 Å². The Morgan fingerprint density at radius 2 is 1.44 bits per heavy atom. The number of esters is 1. The minimum absolute atomic E-state index is 0.0235. The molecule has 0 aliphatic rings. The number of ketones is 1. The van der Waals surface area contributed by atoms with Crippen molar-refractivity contribution in [2.75, 3.05) is 20.3 Å². The molecule has 0 amide bonds. The van der Waals surface area contributed by atoms with Gasteiger partial charge in [-0.3, -0.25) is 9.59 Å². The summed E-state index contributed by atoms with van der Waals surface area (Å²) in [5.41, 5.74) is 1.29. The van der Waals surface area contributed by atoms with E-state index in [-0.39, 0.29) is 23.9 Å². The molecule has 0 heterocycles. The summed E-state index contributed by atoms with van der Waals surface area (Å²) >= 11 is 0. The van der Waals surface area contributed by atoms with Gasteiger partial charge in [0.15, 0.2) is 17.3 Å². The molecule has 6 nitrogen and oxygen atoms in total. The van der Waals surface area contributed by atoms with Crippen LogP contribution >= 0.6 is 0 Å². The van der Waals surface area contributed by atoms with E-state index >= 15 is 0 Å². The quantitative estimate of drug-likeness (QED) is 0.109. The van der Waals surface area contributed by atoms with Gasteiger partial charge < -0.3 is 18.9 Å². The fourth-order valence-corrected chi connectivity index (χ4v) is 3.77. The summed E-state index contributed by atoms with van der Waals surface area (Å²) in [5, 5.41) is 1.98. The highest BCUT2D eigenvalue weighted by molar-refractivity contribution is 6.16. The molecule has 0 atom stereocenters. The molecule has 0 saturated carbocycles. The van der Waals surface area contributed by atoms with Crippen LogP contribution in [0.25, 0.3) is 10.8 Å². The van der Waals surface area contributed by atoms with Gasteiger partial charge in [0, 0.05) is 24.0 Å². The number of para-hydroxylation sites is 1. The van der Waals surface area contributed by atoms with Crippen LogP contribution in [0.5, 0.6) is 23.0 Å². The number of carbonyl (C=O) groups is 2. The van der Waals surface area contributed by atoms with Crippen molar-refractivity contribution in [3.8, 4) is 23.0 Å². The molecule has 0 N–H and O–H groups in total. The molecule has 36 heavy (non-hydrogen) atoms. The van der Waals surface area contributed by atoms with Gasteiger partial charge in [0.2, 0.25) is 5.75 Å². The van der Waals surface area contributed by atoms with Crippen LogP contribution in [-0.2, 0) is 4.79 Å². The molecule has 4 aromatic carbocycles. The van der Waals surface area contributed by atoms with Crippen LogP contribution in [-0.4, -0.2) is 32.1 Å². The first-order valence-electron chi connectivity index (χ1n) is 11.9. The lowest BCUT2D eigenvalue weighted by molar-refractivity contribution is -0.134. The van der Waals surface area contributed by atoms with Gasteiger partial charge in [0.05, 0.1) is 20.3 Å². The van der Waals surface area contributed by atoms with Gasteiger partial charge in [-0.05, 0) is 47.2 Å². The molecule has 4 rings (SSSR count). The zero-order chi connectivity index (χ0) is 25.3. The number of fused-ring (bicyclic) bond motifs is 1. The fraction of sp³-hybridized carbons (Fsp3) is 0.200. The Kier molecular flexibility index (Phi) is 8.19. The summed E-state index contributed by atoms with van der Waals surface area (Å²) in [4.78, 5) is 24.8. The molecule has 0 bridgehead atoms. The van der Waals surface area contributed by atoms with Crippen molar-refractivity contribution in [1.82, 2.24) is 0 Å². The van der Waals surface area contributed by atoms with E-state index in [2.05, 4.69) is 0 Å². The average Bonchev–Trinajstić information content (AvgIpc) is 2.93. The third-order valence-electron chi connectivity index (χ3n) is 5.63. The number of benzene rings is 4. The van der Waals surface area contributed by atoms with Crippen LogP contribution in [0.3, 0.4) is 0 Å². The van der Waals surface area contributed by atoms with Crippen LogP contribution in [0.1, 0.15) is 35.7 Å². The lowest BCUT2D eigenvalue weighted by atomic mass is 9.97. The zero-order valence-corrected chi connectivity index (χ0v) is 20.4. The Balaban J connectivity index is 1.31. The zero-order valence-electron chi connectivity index (χ0n) is 20.4. The van der Waals surface area contributed by atoms with Crippen molar-refractivity contribution in [2.24, 2.45) is 0 Å². The predicted octanol–water partition coefficient (Wildman–Crippen LogP) is 6.24. The van der Waals surface area contributed by atoms with Crippen molar-refractivity contribution in [1.29, 1.82) is 0 Å². The molecule has 0 aromatic heterocycles. The summed E-state index contributed by atoms with van der Waals surface area (Å²) in [5.74, 6) is 1.43. The van der Waals surface area contributed by atoms with E-state index in [1.165, 1.54) is 7.11 Å². The van der Waals surface area contributed by atoms with Gasteiger partial charge in [0.25, 0.3) is 0 Å². The first kappa shape index (κ1) is 24.8. The maximum absolute atomic E-state index is 13.1. The van der Waals surface area contributed by atoms with Crippen LogP contribution in [0.15, 0.2) is 84.9 Å². The predicted molar refractivity (Wildman–Crippen MR) is 138 cm³/mol. The minimum atomic E-state index is -0.366. The monoisotopic (exact) mass is 484 g/mol. The third kappa shape index (κ3) is 5.84. The Bertz CT molecular complexity index is 1340. The van der Waals surface area contributed by atoms with Gasteiger partial charge >= 0.3 is 5.97 Å². The first-order valence-corrected chi connectivity index (χ1v) is 11.9. The second-order valence-electron chi connectivity index (χ2n) is 8.05. The van der Waals surface area contributed by atoms with Crippen LogP contribution in [0.4, 0.5) is 0 Å². The van der Waals surface area contributed by atoms with Crippen molar-refractivity contribution in [3.05, 3.63) is 96.1 Å². The summed E-state index contributed by atoms with van der Waals surface area (Å²) < 4.78 is 22.3. The Labute approximate surface area is 210 Å². The average molecular weight is 485 g/mol. The molecule has 0 aliphatic carbocycles. The standard InChI is InChI=1S/C30H28O6/c1-3-28(31)36-30-26(33-2)13-7-14-27(30)35-20-8-19-34-23-17-15-22(16-18-23)29(32)25-12-6-10-21-9-4-5-11-24(21)25/h4-7,9-18H,3,8,19-20H2,1-2H3. The SMILES string of the molecule is CCC(=O)Oc1c(OC)cccc1OCCCOc1ccc(C(=O)c2cccc3ccccc23)cc1. The highest BCUT2D eigenvalue weighted by Crippen LogP contribution is 2.37. The smallest absolute Gasteiger partial charge is 0.311 e. The lowest BCUT2D eigenvalue weighted by Crippen LogP contribution is -2.10. The highest BCUT2D eigenvalue weighted by Gasteiger charge is 2.15. The molecule has 0 saturated heterocycles. The lowest BCUT2D eigenvalue weighted by Gasteiger charge is -2.14. The van der Waals surface area contributed by atoms with E-state index in [0.717, 1.165) is 10.8 Å². The Hall–Kier alpha value is -4.32. The van der Waals surface area contributed by atoms with Crippen LogP contribution in [0, 0.1) is 0 Å². The molecular weight excluding hydrogens is 456 g/mol. The Morgan fingerprint density at radius 1 is 0.750 bits per heavy atom. The van der Waals surface area contributed by atoms with Gasteiger partial charge in [-0.2, -0.15) is 0 Å². The van der Waals surface area contributed by atoms with Gasteiger partial charge in [-0.1, -0.05) is 55.5 Å². The molecule has 184 valence electrons. The molecule has 0 unspecified atom stereocenters. The van der Waals surface area contributed by atoms with E-state index in [1.807, 2.05) is 42.5 Å². The van der Waals surface area contributed by atoms with E-state index < -0.39 is 0 Å². The molecule has 0 radical (unpaired) electrons. The van der Waals surface area contributed by atoms with Crippen molar-refractivity contribution in [3.63, 3.8) is 0 Å². The fourth-order valence-electron chi connectivity index (χ4n) is 3.77. The topological polar surface area (TPSA) is 71.1 Å². The van der Waals surface area contributed by atoms with E-state index in [4.69, 9.17) is 18.9 Å². The Morgan fingerprint density at radius 3 is 2.22 bits per heavy atom. The summed E-state index contributed by atoms with van der Waals surface area (Å²) in [6.07, 6.45) is 0.854. The number of hydrogen-bond acceptors (Lipinski definition) is 6. The summed E-state index contributed by atoms with van der Waals surface area (Å²) in [6, 6.07) is 26.0. The number of rotatable bonds is 11. The van der Waals surface area contributed by atoms with Crippen LogP contribution in [0.2, 0.25) is 0 Å². The molecular formula is C30H28O6. The van der Waals surface area contributed by atoms with E-state index in [0.29, 0.717) is 48.0 Å². The van der Waals surface area contributed by atoms with Crippen LogP contribution < -0.4 is 18.9 Å². The van der Waals surface area contributed by atoms with Gasteiger partial charge in [0.1, 0.15) is 5.75 Å². The highest BCUT2D eigenvalue weighted by atomic mass is 16.6. The summed E-state index contributed by atoms with van der Waals surface area (Å²) in [7, 11) is 1.51. The normalized spacial score (nSPS) is 10.6. The summed E-state index contributed by atoms with van der Waals surface area (Å²) in [6.45, 7) is 2.51. The second-order valence-corrected chi connectivity index (χ2v) is 8.05. The molecule has 6 heteroatoms. The molecule has 0 spiro atoms. The number of ether oxygens (including phenoxy) is 4. The number of methoxy groups -OCH3 is 1. The van der Waals surface area contributed by atoms with Crippen molar-refractivity contribution in [2.45, 2.75) is 19.8 Å². The van der Waals surface area contributed by atoms with Gasteiger partial charge in [-0.15, -0.1) is 0 Å². The number of carbonyl (C=O) groups excluding carboxylic acids is 2. The first-order chi connectivity index (χ1) is 17.6. The van der Waals surface area contributed by atoms with E-state index in [9.17, 15) is 9.59 Å². The largest absolute Gasteiger partial charge is 0.493 e. The molecule has 0 fully saturated rings. The third-order valence-corrected chi connectivity index (χ3v) is 5.63. The van der Waals surface area contributed by atoms with Crippen molar-refractivity contribution >= 4 is 22.5 Å². The second kappa shape index (κ2) is 11.9. The van der Waals surface area contributed by atoms with E-state index in [1.54, 1.807) is 49.4 Å². The molecule has 4 aromatic rings. The number of hydrogen-bond donors (Lipinski definition) is 0. The minimum Gasteiger partial charge on any atom is -0.493 e. The maximum Gasteiger partial charge on any atom is 0.311 e. The van der Waals surface area contributed by atoms with Crippen molar-refractivity contribution < 1.29 is 28.5 Å². The maximum atomic E-state index is 13.1.